The van der Waals surface area contributed by atoms with Gasteiger partial charge in [-0.1, -0.05) is 46.3 Å². The Bertz CT molecular complexity index is 511. The van der Waals surface area contributed by atoms with Gasteiger partial charge in [-0.3, -0.25) is 0 Å². The number of aliphatic hydroxyl groups is 1. The van der Waals surface area contributed by atoms with Crippen LogP contribution >= 0.6 is 15.9 Å². The fourth-order valence-electron chi connectivity index (χ4n) is 2.78. The van der Waals surface area contributed by atoms with E-state index in [4.69, 9.17) is 14.2 Å². The highest BCUT2D eigenvalue weighted by atomic mass is 79.9. The lowest BCUT2D eigenvalue weighted by Crippen LogP contribution is -2.59. The van der Waals surface area contributed by atoms with Gasteiger partial charge in [-0.2, -0.15) is 0 Å². The van der Waals surface area contributed by atoms with Gasteiger partial charge in [-0.15, -0.1) is 0 Å². The number of fused-ring (bicyclic) bond motifs is 1. The van der Waals surface area contributed by atoms with Crippen LogP contribution in [0.5, 0.6) is 0 Å². The molecule has 102 valence electrons. The van der Waals surface area contributed by atoms with Crippen molar-refractivity contribution in [2.24, 2.45) is 0 Å². The Balaban J connectivity index is 2.17. The van der Waals surface area contributed by atoms with Gasteiger partial charge < -0.3 is 19.3 Å². The van der Waals surface area contributed by atoms with E-state index in [-0.39, 0.29) is 12.2 Å². The molecule has 19 heavy (non-hydrogen) atoms. The zero-order valence-corrected chi connectivity index (χ0v) is 12.3. The number of hydrogen-bond donors (Lipinski definition) is 1. The van der Waals surface area contributed by atoms with Crippen LogP contribution in [-0.4, -0.2) is 37.3 Å². The van der Waals surface area contributed by atoms with Gasteiger partial charge in [0.15, 0.2) is 5.60 Å². The molecule has 1 fully saturated rings. The minimum absolute atomic E-state index is 0.136. The van der Waals surface area contributed by atoms with Crippen LogP contribution in [0.15, 0.2) is 40.9 Å². The Kier molecular flexibility index (Phi) is 3.07. The molecule has 0 saturated carbocycles. The first-order valence-corrected chi connectivity index (χ1v) is 6.80. The summed E-state index contributed by atoms with van der Waals surface area (Å²) in [7, 11) is 3.02. The third-order valence-electron chi connectivity index (χ3n) is 3.85. The summed E-state index contributed by atoms with van der Waals surface area (Å²) in [5.74, 6) is -1.27. The summed E-state index contributed by atoms with van der Waals surface area (Å²) in [4.78, 5) is 0. The highest BCUT2D eigenvalue weighted by molar-refractivity contribution is 9.11. The first-order chi connectivity index (χ1) is 9.09. The molecule has 0 spiro atoms. The Morgan fingerprint density at radius 2 is 1.84 bits per heavy atom. The second kappa shape index (κ2) is 4.40. The molecular weight excluding hydrogens is 312 g/mol. The van der Waals surface area contributed by atoms with E-state index < -0.39 is 11.4 Å². The molecule has 2 aliphatic rings. The maximum atomic E-state index is 11.2. The molecule has 3 atom stereocenters. The van der Waals surface area contributed by atoms with Crippen LogP contribution in [0.25, 0.3) is 0 Å². The molecule has 0 amide bonds. The second-order valence-electron chi connectivity index (χ2n) is 4.71. The van der Waals surface area contributed by atoms with Crippen molar-refractivity contribution in [2.45, 2.75) is 23.6 Å². The third-order valence-corrected chi connectivity index (χ3v) is 4.53. The number of ether oxygens (including phenoxy) is 3. The van der Waals surface area contributed by atoms with Crippen LogP contribution in [0.1, 0.15) is 5.56 Å². The smallest absolute Gasteiger partial charge is 0.225 e. The standard InChI is InChI=1S/C14H15BrO4/c1-17-13(18-2)8-10(15)11-12(19-11)14(13,16)9-6-4-3-5-7-9/h3-8,11-12,16H,1-2H3/t11-,12-,14-/m0/s1. The Labute approximate surface area is 120 Å². The molecule has 1 aromatic rings. The van der Waals surface area contributed by atoms with E-state index in [1.54, 1.807) is 6.08 Å². The molecule has 0 aromatic heterocycles. The van der Waals surface area contributed by atoms with Crippen molar-refractivity contribution in [3.8, 4) is 0 Å². The van der Waals surface area contributed by atoms with E-state index in [1.165, 1.54) is 14.2 Å². The topological polar surface area (TPSA) is 51.2 Å². The van der Waals surface area contributed by atoms with Gasteiger partial charge in [0.25, 0.3) is 0 Å². The Hall–Kier alpha value is -0.720. The fourth-order valence-corrected chi connectivity index (χ4v) is 3.43. The van der Waals surface area contributed by atoms with Gasteiger partial charge in [-0.05, 0) is 11.6 Å². The minimum Gasteiger partial charge on any atom is -0.377 e. The first-order valence-electron chi connectivity index (χ1n) is 6.01. The molecule has 1 N–H and O–H groups in total. The zero-order chi connectivity index (χ0) is 13.7. The van der Waals surface area contributed by atoms with E-state index in [0.717, 1.165) is 4.48 Å². The van der Waals surface area contributed by atoms with E-state index in [0.29, 0.717) is 5.56 Å². The molecular formula is C14H15BrO4. The summed E-state index contributed by atoms with van der Waals surface area (Å²) < 4.78 is 17.4. The van der Waals surface area contributed by atoms with Crippen molar-refractivity contribution < 1.29 is 19.3 Å². The fraction of sp³-hybridized carbons (Fsp3) is 0.429. The van der Waals surface area contributed by atoms with Gasteiger partial charge in [0, 0.05) is 18.7 Å². The molecule has 1 heterocycles. The molecule has 4 nitrogen and oxygen atoms in total. The SMILES string of the molecule is COC1(OC)C=C(Br)[C@@H]2O[C@@H]2[C@@]1(O)c1ccccc1. The van der Waals surface area contributed by atoms with Crippen molar-refractivity contribution in [1.82, 2.24) is 0 Å². The van der Waals surface area contributed by atoms with Crippen molar-refractivity contribution in [2.75, 3.05) is 14.2 Å². The van der Waals surface area contributed by atoms with Crippen LogP contribution in [-0.2, 0) is 19.8 Å². The summed E-state index contributed by atoms with van der Waals surface area (Å²) in [5.41, 5.74) is -0.665. The molecule has 0 bridgehead atoms. The summed E-state index contributed by atoms with van der Waals surface area (Å²) in [5, 5.41) is 11.2. The summed E-state index contributed by atoms with van der Waals surface area (Å²) in [6.07, 6.45) is 1.21. The van der Waals surface area contributed by atoms with Crippen molar-refractivity contribution in [3.05, 3.63) is 46.5 Å². The number of halogens is 1. The maximum Gasteiger partial charge on any atom is 0.225 e. The summed E-state index contributed by atoms with van der Waals surface area (Å²) >= 11 is 3.44. The largest absolute Gasteiger partial charge is 0.377 e. The van der Waals surface area contributed by atoms with Gasteiger partial charge in [0.1, 0.15) is 12.2 Å². The highest BCUT2D eigenvalue weighted by Gasteiger charge is 2.69. The van der Waals surface area contributed by atoms with Crippen LogP contribution in [0, 0.1) is 0 Å². The molecule has 1 saturated heterocycles. The first kappa shape index (κ1) is 13.3. The molecule has 3 rings (SSSR count). The number of benzene rings is 1. The normalized spacial score (nSPS) is 35.5. The Morgan fingerprint density at radius 3 is 2.42 bits per heavy atom. The monoisotopic (exact) mass is 326 g/mol. The lowest BCUT2D eigenvalue weighted by molar-refractivity contribution is -0.285. The Morgan fingerprint density at radius 1 is 1.21 bits per heavy atom. The van der Waals surface area contributed by atoms with Gasteiger partial charge >= 0.3 is 0 Å². The number of epoxide rings is 1. The van der Waals surface area contributed by atoms with Gasteiger partial charge in [0.05, 0.1) is 0 Å². The van der Waals surface area contributed by atoms with E-state index >= 15 is 0 Å². The van der Waals surface area contributed by atoms with Crippen LogP contribution in [0.2, 0.25) is 0 Å². The zero-order valence-electron chi connectivity index (χ0n) is 10.7. The summed E-state index contributed by atoms with van der Waals surface area (Å²) in [6.45, 7) is 0. The van der Waals surface area contributed by atoms with Gasteiger partial charge in [0.2, 0.25) is 5.79 Å². The molecule has 1 aliphatic heterocycles. The predicted octanol–water partition coefficient (Wildman–Crippen LogP) is 1.92. The van der Waals surface area contributed by atoms with Crippen molar-refractivity contribution >= 4 is 15.9 Å². The van der Waals surface area contributed by atoms with E-state index in [9.17, 15) is 5.11 Å². The molecule has 1 aromatic carbocycles. The lowest BCUT2D eigenvalue weighted by Gasteiger charge is -2.44. The van der Waals surface area contributed by atoms with Crippen LogP contribution in [0.3, 0.4) is 0 Å². The van der Waals surface area contributed by atoms with Crippen LogP contribution < -0.4 is 0 Å². The molecule has 5 heteroatoms. The van der Waals surface area contributed by atoms with Crippen molar-refractivity contribution in [3.63, 3.8) is 0 Å². The predicted molar refractivity (Wildman–Crippen MR) is 72.8 cm³/mol. The summed E-state index contributed by atoms with van der Waals surface area (Å²) in [6, 6.07) is 9.33. The third kappa shape index (κ3) is 1.66. The number of methoxy groups -OCH3 is 2. The molecule has 0 radical (unpaired) electrons. The highest BCUT2D eigenvalue weighted by Crippen LogP contribution is 2.55. The average molecular weight is 327 g/mol. The number of rotatable bonds is 3. The number of hydrogen-bond acceptors (Lipinski definition) is 4. The quantitative estimate of drug-likeness (QED) is 0.681. The maximum absolute atomic E-state index is 11.2. The molecule has 1 aliphatic carbocycles. The van der Waals surface area contributed by atoms with E-state index in [2.05, 4.69) is 15.9 Å². The van der Waals surface area contributed by atoms with Crippen LogP contribution in [0.4, 0.5) is 0 Å². The van der Waals surface area contributed by atoms with E-state index in [1.807, 2.05) is 30.3 Å². The average Bonchev–Trinajstić information content (AvgIpc) is 3.25. The molecule has 0 unspecified atom stereocenters. The van der Waals surface area contributed by atoms with Gasteiger partial charge in [-0.25, -0.2) is 0 Å². The minimum atomic E-state index is -1.38. The van der Waals surface area contributed by atoms with Crippen molar-refractivity contribution in [1.29, 1.82) is 0 Å². The lowest BCUT2D eigenvalue weighted by atomic mass is 9.77. The second-order valence-corrected chi connectivity index (χ2v) is 5.63.